The topological polar surface area (TPSA) is 30.5 Å². The third-order valence-corrected chi connectivity index (χ3v) is 10.2. The van der Waals surface area contributed by atoms with E-state index in [2.05, 4.69) is 51.6 Å². The fourth-order valence-electron chi connectivity index (χ4n) is 1.15. The maximum absolute atomic E-state index is 6.06. The van der Waals surface area contributed by atoms with Crippen molar-refractivity contribution < 1.29 is 8.23 Å². The summed E-state index contributed by atoms with van der Waals surface area (Å²) in [7, 11) is -3.88. The molecule has 1 N–H and O–H groups in total. The van der Waals surface area contributed by atoms with Gasteiger partial charge in [0.25, 0.3) is 0 Å². The smallest absolute Gasteiger partial charge is 0.311 e. The van der Waals surface area contributed by atoms with E-state index >= 15 is 0 Å². The van der Waals surface area contributed by atoms with Crippen molar-refractivity contribution in [1.29, 1.82) is 0 Å². The van der Waals surface area contributed by atoms with E-state index in [1.165, 1.54) is 0 Å². The number of nitrogens with one attached hydrogen (secondary N) is 1. The summed E-state index contributed by atoms with van der Waals surface area (Å²) in [5, 5.41) is 0. The van der Waals surface area contributed by atoms with E-state index in [4.69, 9.17) is 8.23 Å². The van der Waals surface area contributed by atoms with Crippen LogP contribution in [-0.4, -0.2) is 32.8 Å². The van der Waals surface area contributed by atoms with Crippen molar-refractivity contribution in [3.05, 3.63) is 0 Å². The fourth-order valence-corrected chi connectivity index (χ4v) is 9.87. The molecule has 0 rings (SSSR count). The van der Waals surface area contributed by atoms with Gasteiger partial charge in [-0.1, -0.05) is 13.8 Å². The van der Waals surface area contributed by atoms with E-state index in [0.717, 1.165) is 0 Å². The Labute approximate surface area is 93.0 Å². The molecule has 0 aliphatic heterocycles. The highest BCUT2D eigenvalue weighted by Gasteiger charge is 2.30. The molecule has 0 aromatic heterocycles. The third kappa shape index (κ3) is 9.10. The Balaban J connectivity index is 3.84. The first kappa shape index (κ1) is 14.5. The molecule has 0 fully saturated rings. The molecule has 0 saturated heterocycles. The van der Waals surface area contributed by atoms with Crippen molar-refractivity contribution in [2.24, 2.45) is 0 Å². The molecule has 0 radical (unpaired) electrons. The van der Waals surface area contributed by atoms with Crippen molar-refractivity contribution in [2.75, 3.05) is 0 Å². The molecule has 0 amide bonds. The highest BCUT2D eigenvalue weighted by atomic mass is 28.5. The van der Waals surface area contributed by atoms with E-state index < -0.39 is 26.8 Å². The Hall–Kier alpha value is 0.531. The maximum Gasteiger partial charge on any atom is 0.311 e. The van der Waals surface area contributed by atoms with Crippen LogP contribution < -0.4 is 4.98 Å². The minimum atomic E-state index is -1.84. The van der Waals surface area contributed by atoms with Crippen LogP contribution in [0.3, 0.4) is 0 Å². The Morgan fingerprint density at radius 1 is 1.07 bits per heavy atom. The molecule has 6 heteroatoms. The molecule has 86 valence electrons. The van der Waals surface area contributed by atoms with Gasteiger partial charge in [0, 0.05) is 0 Å². The second-order valence-electron chi connectivity index (χ2n) is 5.26. The Morgan fingerprint density at radius 3 is 1.93 bits per heavy atom. The van der Waals surface area contributed by atoms with E-state index in [-0.39, 0.29) is 0 Å². The van der Waals surface area contributed by atoms with Gasteiger partial charge in [-0.3, -0.25) is 0 Å². The Bertz CT molecular complexity index is 168. The second-order valence-corrected chi connectivity index (χ2v) is 15.0. The molecule has 0 aromatic rings. The van der Waals surface area contributed by atoms with Gasteiger partial charge < -0.3 is 13.2 Å². The van der Waals surface area contributed by atoms with Gasteiger partial charge in [-0.2, -0.15) is 0 Å². The molecule has 0 aliphatic rings. The van der Waals surface area contributed by atoms with Gasteiger partial charge in [-0.15, -0.1) is 0 Å². The zero-order chi connectivity index (χ0) is 11.4. The monoisotopic (exact) mass is 251 g/mol. The molecule has 0 unspecified atom stereocenters. The van der Waals surface area contributed by atoms with E-state index in [1.54, 1.807) is 0 Å². The van der Waals surface area contributed by atoms with Crippen molar-refractivity contribution in [3.63, 3.8) is 0 Å². The van der Waals surface area contributed by atoms with Crippen LogP contribution in [0.4, 0.5) is 0 Å². The molecular weight excluding hydrogens is 226 g/mol. The standard InChI is InChI=1S/C8H25NO2Si3/c1-8(2)9-12-10-14(6,7)11-13(3,4)5/h8-9H,12H2,1-7H3. The van der Waals surface area contributed by atoms with E-state index in [1.807, 2.05) is 0 Å². The molecular formula is C8H25NO2Si3. The second kappa shape index (κ2) is 5.57. The summed E-state index contributed by atoms with van der Waals surface area (Å²) < 4.78 is 12.0. The van der Waals surface area contributed by atoms with Crippen LogP contribution in [0, 0.1) is 0 Å². The lowest BCUT2D eigenvalue weighted by Gasteiger charge is -2.31. The third-order valence-electron chi connectivity index (χ3n) is 1.46. The summed E-state index contributed by atoms with van der Waals surface area (Å²) in [4.78, 5) is 3.37. The zero-order valence-electron chi connectivity index (χ0n) is 10.6. The first-order valence-corrected chi connectivity index (χ1v) is 12.7. The Kier molecular flexibility index (Phi) is 5.78. The van der Waals surface area contributed by atoms with Crippen LogP contribution in [-0.2, 0) is 8.23 Å². The maximum atomic E-state index is 6.06. The van der Waals surface area contributed by atoms with Gasteiger partial charge in [0.15, 0.2) is 8.32 Å². The van der Waals surface area contributed by atoms with Crippen LogP contribution in [0.5, 0.6) is 0 Å². The van der Waals surface area contributed by atoms with Crippen LogP contribution in [0.25, 0.3) is 0 Å². The number of rotatable bonds is 6. The summed E-state index contributed by atoms with van der Waals surface area (Å²) in [5.41, 5.74) is 0. The summed E-state index contributed by atoms with van der Waals surface area (Å²) in [6.45, 7) is 15.2. The minimum absolute atomic E-state index is 0.526. The van der Waals surface area contributed by atoms with Crippen LogP contribution in [0.15, 0.2) is 0 Å². The van der Waals surface area contributed by atoms with Crippen molar-refractivity contribution in [3.8, 4) is 0 Å². The predicted octanol–water partition coefficient (Wildman–Crippen LogP) is 1.55. The summed E-state index contributed by atoms with van der Waals surface area (Å²) in [5.74, 6) is 0. The molecule has 3 nitrogen and oxygen atoms in total. The van der Waals surface area contributed by atoms with Gasteiger partial charge in [-0.25, -0.2) is 0 Å². The minimum Gasteiger partial charge on any atom is -0.437 e. The average molecular weight is 252 g/mol. The van der Waals surface area contributed by atoms with Crippen molar-refractivity contribution in [2.45, 2.75) is 52.6 Å². The van der Waals surface area contributed by atoms with Crippen LogP contribution in [0.1, 0.15) is 13.8 Å². The van der Waals surface area contributed by atoms with Gasteiger partial charge in [0.2, 0.25) is 9.92 Å². The normalized spacial score (nSPS) is 14.6. The van der Waals surface area contributed by atoms with Crippen molar-refractivity contribution in [1.82, 2.24) is 4.98 Å². The summed E-state index contributed by atoms with van der Waals surface area (Å²) >= 11 is 0. The summed E-state index contributed by atoms with van der Waals surface area (Å²) in [6, 6.07) is 0.526. The highest BCUT2D eigenvalue weighted by molar-refractivity contribution is 6.82. The van der Waals surface area contributed by atoms with Gasteiger partial charge in [-0.05, 0) is 38.8 Å². The average Bonchev–Trinajstić information content (AvgIpc) is 1.78. The van der Waals surface area contributed by atoms with Gasteiger partial charge in [0.05, 0.1) is 0 Å². The predicted molar refractivity (Wildman–Crippen MR) is 69.8 cm³/mol. The highest BCUT2D eigenvalue weighted by Crippen LogP contribution is 2.14. The molecule has 0 atom stereocenters. The SMILES string of the molecule is CC(C)N[SiH2]O[Si](C)(C)O[Si](C)(C)C. The lowest BCUT2D eigenvalue weighted by Crippen LogP contribution is -2.48. The largest absolute Gasteiger partial charge is 0.437 e. The number of hydrogen-bond acceptors (Lipinski definition) is 3. The lowest BCUT2D eigenvalue weighted by molar-refractivity contribution is 0.403. The van der Waals surface area contributed by atoms with Crippen LogP contribution in [0.2, 0.25) is 32.7 Å². The first-order valence-electron chi connectivity index (χ1n) is 5.20. The van der Waals surface area contributed by atoms with E-state index in [9.17, 15) is 0 Å². The van der Waals surface area contributed by atoms with E-state index in [0.29, 0.717) is 6.04 Å². The van der Waals surface area contributed by atoms with Gasteiger partial charge >= 0.3 is 8.56 Å². The number of hydrogen-bond donors (Lipinski definition) is 1. The lowest BCUT2D eigenvalue weighted by atomic mass is 10.4. The quantitative estimate of drug-likeness (QED) is 0.727. The first-order chi connectivity index (χ1) is 6.12. The molecule has 0 bridgehead atoms. The molecule has 0 saturated carbocycles. The zero-order valence-corrected chi connectivity index (χ0v) is 14.0. The van der Waals surface area contributed by atoms with Gasteiger partial charge in [0.1, 0.15) is 0 Å². The molecule has 0 heterocycles. The van der Waals surface area contributed by atoms with Crippen LogP contribution >= 0.6 is 0 Å². The molecule has 0 aliphatic carbocycles. The summed E-state index contributed by atoms with van der Waals surface area (Å²) in [6.07, 6.45) is 0. The van der Waals surface area contributed by atoms with Crippen molar-refractivity contribution >= 4 is 26.8 Å². The molecule has 0 spiro atoms. The molecule has 14 heavy (non-hydrogen) atoms. The fraction of sp³-hybridized carbons (Fsp3) is 1.00. The molecule has 0 aromatic carbocycles. The Morgan fingerprint density at radius 2 is 1.57 bits per heavy atom.